The Kier molecular flexibility index (Phi) is 3.74. The van der Waals surface area contributed by atoms with Gasteiger partial charge in [-0.1, -0.05) is 51.1 Å². The lowest BCUT2D eigenvalue weighted by Crippen LogP contribution is -2.32. The molecule has 0 fully saturated rings. The summed E-state index contributed by atoms with van der Waals surface area (Å²) in [6, 6.07) is 15.5. The van der Waals surface area contributed by atoms with Crippen molar-refractivity contribution >= 4 is 21.5 Å². The molecule has 0 unspecified atom stereocenters. The van der Waals surface area contributed by atoms with Crippen LogP contribution >= 0.6 is 0 Å². The van der Waals surface area contributed by atoms with Crippen LogP contribution in [0.4, 0.5) is 0 Å². The van der Waals surface area contributed by atoms with Crippen molar-refractivity contribution in [2.75, 3.05) is 0 Å². The first kappa shape index (κ1) is 17.2. The van der Waals surface area contributed by atoms with Crippen LogP contribution in [0.2, 0.25) is 0 Å². The Morgan fingerprint density at radius 2 is 1.79 bits per heavy atom. The van der Waals surface area contributed by atoms with Crippen LogP contribution < -0.4 is 9.30 Å². The van der Waals surface area contributed by atoms with Crippen molar-refractivity contribution in [3.05, 3.63) is 65.4 Å². The lowest BCUT2D eigenvalue weighted by molar-refractivity contribution is -0.659. The topological polar surface area (TPSA) is 13.1 Å². The normalized spacial score (nSPS) is 12.5. The van der Waals surface area contributed by atoms with Gasteiger partial charge in [0.1, 0.15) is 18.5 Å². The summed E-state index contributed by atoms with van der Waals surface area (Å²) in [5.74, 6) is 2.49. The average Bonchev–Trinajstić information content (AvgIpc) is 2.70. The van der Waals surface area contributed by atoms with E-state index in [0.29, 0.717) is 5.92 Å². The molecule has 0 saturated carbocycles. The lowest BCUT2D eigenvalue weighted by Gasteiger charge is -2.25. The average molecular weight is 369 g/mol. The van der Waals surface area contributed by atoms with Gasteiger partial charge in [0, 0.05) is 11.6 Å². The van der Waals surface area contributed by atoms with Crippen LogP contribution in [0.5, 0.6) is 11.5 Å². The first-order chi connectivity index (χ1) is 13.5. The van der Waals surface area contributed by atoms with Crippen LogP contribution in [0, 0.1) is 6.92 Å². The predicted octanol–water partition coefficient (Wildman–Crippen LogP) is 6.58. The van der Waals surface area contributed by atoms with Crippen LogP contribution in [0.15, 0.2) is 48.7 Å². The molecule has 0 atom stereocenters. The van der Waals surface area contributed by atoms with Gasteiger partial charge in [-0.05, 0) is 52.6 Å². The number of ether oxygens (including phenoxy) is 1. The van der Waals surface area contributed by atoms with E-state index < -0.39 is 0 Å². The number of nitrogens with zero attached hydrogens (tertiary/aromatic N) is 1. The van der Waals surface area contributed by atoms with Crippen LogP contribution in [0.25, 0.3) is 32.8 Å². The first-order valence-corrected chi connectivity index (χ1v) is 10.2. The molecule has 0 radical (unpaired) electrons. The van der Waals surface area contributed by atoms with E-state index in [4.69, 9.17) is 4.74 Å². The second-order valence-electron chi connectivity index (χ2n) is 8.22. The van der Waals surface area contributed by atoms with Crippen molar-refractivity contribution in [2.24, 2.45) is 7.05 Å². The van der Waals surface area contributed by atoms with Gasteiger partial charge < -0.3 is 4.74 Å². The minimum absolute atomic E-state index is 0.465. The van der Waals surface area contributed by atoms with Crippen molar-refractivity contribution in [3.63, 3.8) is 0 Å². The van der Waals surface area contributed by atoms with Crippen molar-refractivity contribution in [3.8, 4) is 22.8 Å². The monoisotopic (exact) mass is 368 g/mol. The van der Waals surface area contributed by atoms with Gasteiger partial charge >= 0.3 is 0 Å². The number of rotatable bonds is 2. The zero-order valence-corrected chi connectivity index (χ0v) is 17.3. The third-order valence-electron chi connectivity index (χ3n) is 6.22. The van der Waals surface area contributed by atoms with Gasteiger partial charge in [0.05, 0.1) is 10.9 Å². The van der Waals surface area contributed by atoms with E-state index in [1.807, 2.05) is 0 Å². The molecule has 0 amide bonds. The maximum Gasteiger partial charge on any atom is 0.228 e. The SMILES string of the molecule is CCc1c2c(c(C)c3ccccc13)-c1c3c(cc(C(C)C)cc3cc[n+]1C)O2. The summed E-state index contributed by atoms with van der Waals surface area (Å²) in [5, 5.41) is 5.10. The first-order valence-electron chi connectivity index (χ1n) is 10.2. The lowest BCUT2D eigenvalue weighted by atomic mass is 9.87. The smallest absolute Gasteiger partial charge is 0.228 e. The second-order valence-corrected chi connectivity index (χ2v) is 8.22. The Morgan fingerprint density at radius 3 is 2.50 bits per heavy atom. The molecule has 0 bridgehead atoms. The Balaban J connectivity index is 1.99. The van der Waals surface area contributed by atoms with Crippen molar-refractivity contribution < 1.29 is 9.30 Å². The molecule has 0 spiro atoms. The molecule has 2 heterocycles. The molecule has 0 saturated heterocycles. The molecule has 28 heavy (non-hydrogen) atoms. The number of hydrogen-bond donors (Lipinski definition) is 0. The third-order valence-corrected chi connectivity index (χ3v) is 6.22. The van der Waals surface area contributed by atoms with E-state index >= 15 is 0 Å². The molecule has 2 heteroatoms. The number of aryl methyl sites for hydroxylation is 3. The summed E-state index contributed by atoms with van der Waals surface area (Å²) in [4.78, 5) is 0. The van der Waals surface area contributed by atoms with E-state index in [9.17, 15) is 0 Å². The molecule has 3 aromatic carbocycles. The predicted molar refractivity (Wildman–Crippen MR) is 116 cm³/mol. The number of hydrogen-bond acceptors (Lipinski definition) is 1. The molecule has 1 aromatic heterocycles. The van der Waals surface area contributed by atoms with E-state index in [1.165, 1.54) is 49.5 Å². The molecule has 2 nitrogen and oxygen atoms in total. The highest BCUT2D eigenvalue weighted by Crippen LogP contribution is 2.51. The van der Waals surface area contributed by atoms with Gasteiger partial charge in [-0.25, -0.2) is 4.57 Å². The van der Waals surface area contributed by atoms with Crippen LogP contribution in [0.1, 0.15) is 43.4 Å². The Bertz CT molecular complexity index is 1270. The molecule has 5 rings (SSSR count). The van der Waals surface area contributed by atoms with Gasteiger partial charge in [0.2, 0.25) is 5.69 Å². The highest BCUT2D eigenvalue weighted by molar-refractivity contribution is 6.06. The molecule has 0 aliphatic carbocycles. The third kappa shape index (κ3) is 2.24. The summed E-state index contributed by atoms with van der Waals surface area (Å²) in [6.07, 6.45) is 3.13. The molecular weight excluding hydrogens is 342 g/mol. The van der Waals surface area contributed by atoms with Crippen molar-refractivity contribution in [2.45, 2.75) is 40.0 Å². The Morgan fingerprint density at radius 1 is 1.04 bits per heavy atom. The Hall–Kier alpha value is -2.87. The van der Waals surface area contributed by atoms with Crippen LogP contribution in [-0.2, 0) is 13.5 Å². The highest BCUT2D eigenvalue weighted by atomic mass is 16.5. The molecule has 1 aliphatic heterocycles. The molecular formula is C26H26NO+. The number of fused-ring (bicyclic) bond motifs is 3. The largest absolute Gasteiger partial charge is 0.455 e. The van der Waals surface area contributed by atoms with Gasteiger partial charge in [0.15, 0.2) is 6.20 Å². The second kappa shape index (κ2) is 6.07. The molecule has 1 aliphatic rings. The van der Waals surface area contributed by atoms with E-state index in [0.717, 1.165) is 17.9 Å². The Labute approximate surface area is 166 Å². The zero-order valence-electron chi connectivity index (χ0n) is 17.3. The van der Waals surface area contributed by atoms with Crippen LogP contribution in [-0.4, -0.2) is 0 Å². The van der Waals surface area contributed by atoms with Gasteiger partial charge in [-0.3, -0.25) is 0 Å². The molecule has 140 valence electrons. The van der Waals surface area contributed by atoms with Crippen LogP contribution in [0.3, 0.4) is 0 Å². The van der Waals surface area contributed by atoms with E-state index in [-0.39, 0.29) is 0 Å². The van der Waals surface area contributed by atoms with Gasteiger partial charge in [-0.2, -0.15) is 0 Å². The van der Waals surface area contributed by atoms with Crippen molar-refractivity contribution in [1.82, 2.24) is 0 Å². The molecule has 0 N–H and O–H groups in total. The summed E-state index contributed by atoms with van der Waals surface area (Å²) in [5.41, 5.74) is 6.43. The molecule has 4 aromatic rings. The maximum atomic E-state index is 6.69. The zero-order chi connectivity index (χ0) is 19.6. The minimum Gasteiger partial charge on any atom is -0.455 e. The summed E-state index contributed by atoms with van der Waals surface area (Å²) in [7, 11) is 2.14. The summed E-state index contributed by atoms with van der Waals surface area (Å²) in [6.45, 7) is 8.94. The summed E-state index contributed by atoms with van der Waals surface area (Å²) >= 11 is 0. The summed E-state index contributed by atoms with van der Waals surface area (Å²) < 4.78 is 8.95. The van der Waals surface area contributed by atoms with Gasteiger partial charge in [-0.15, -0.1) is 0 Å². The van der Waals surface area contributed by atoms with E-state index in [2.05, 4.69) is 88.0 Å². The highest BCUT2D eigenvalue weighted by Gasteiger charge is 2.32. The number of benzene rings is 3. The van der Waals surface area contributed by atoms with E-state index in [1.54, 1.807) is 0 Å². The van der Waals surface area contributed by atoms with Gasteiger partial charge in [0.25, 0.3) is 0 Å². The number of aromatic nitrogens is 1. The fraction of sp³-hybridized carbons (Fsp3) is 0.269. The van der Waals surface area contributed by atoms with Crippen molar-refractivity contribution in [1.29, 1.82) is 0 Å². The fourth-order valence-electron chi connectivity index (χ4n) is 4.71. The minimum atomic E-state index is 0.465. The quantitative estimate of drug-likeness (QED) is 0.321. The number of pyridine rings is 1. The maximum absolute atomic E-state index is 6.69. The fourth-order valence-corrected chi connectivity index (χ4v) is 4.71. The standard InChI is InChI=1S/C26H26NO/c1-6-19-21-10-8-7-9-20(21)16(4)23-25-24-17(11-12-27(25)5)13-18(15(2)3)14-22(24)28-26(19)23/h7-15H,6H2,1-5H3/q+1.